The van der Waals surface area contributed by atoms with Crippen LogP contribution in [-0.2, 0) is 0 Å². The summed E-state index contributed by atoms with van der Waals surface area (Å²) in [5, 5.41) is 9.74. The highest BCUT2D eigenvalue weighted by molar-refractivity contribution is 6.06. The molecule has 106 valence electrons. The fraction of sp³-hybridized carbons (Fsp3) is 0.105. The molecule has 0 spiro atoms. The summed E-state index contributed by atoms with van der Waals surface area (Å²) < 4.78 is 0. The van der Waals surface area contributed by atoms with Crippen molar-refractivity contribution in [2.24, 2.45) is 0 Å². The van der Waals surface area contributed by atoms with Gasteiger partial charge in [-0.15, -0.1) is 0 Å². The number of ketones is 1. The summed E-state index contributed by atoms with van der Waals surface area (Å²) in [7, 11) is 0. The van der Waals surface area contributed by atoms with Gasteiger partial charge in [0.2, 0.25) is 0 Å². The molecule has 2 aromatic carbocycles. The van der Waals surface area contributed by atoms with E-state index in [9.17, 15) is 9.90 Å². The molecule has 1 N–H and O–H groups in total. The van der Waals surface area contributed by atoms with Crippen LogP contribution in [-0.4, -0.2) is 10.9 Å². The second-order valence-electron chi connectivity index (χ2n) is 5.02. The Balaban J connectivity index is 2.15. The zero-order valence-corrected chi connectivity index (χ0v) is 12.2. The Morgan fingerprint density at radius 3 is 2.48 bits per heavy atom. The van der Waals surface area contributed by atoms with Gasteiger partial charge in [0.25, 0.3) is 0 Å². The maximum atomic E-state index is 12.1. The minimum Gasteiger partial charge on any atom is -0.507 e. The number of aryl methyl sites for hydroxylation is 1. The Labute approximate surface area is 125 Å². The summed E-state index contributed by atoms with van der Waals surface area (Å²) in [4.78, 5) is 12.1. The fourth-order valence-corrected chi connectivity index (χ4v) is 2.00. The van der Waals surface area contributed by atoms with Crippen molar-refractivity contribution in [3.63, 3.8) is 0 Å². The van der Waals surface area contributed by atoms with Crippen LogP contribution in [0.3, 0.4) is 0 Å². The number of hydrogen-bond acceptors (Lipinski definition) is 2. The van der Waals surface area contributed by atoms with Gasteiger partial charge in [-0.1, -0.05) is 59.7 Å². The lowest BCUT2D eigenvalue weighted by Crippen LogP contribution is -1.95. The SMILES string of the molecule is CC(/C=C/C(=O)c1cc(C)ccc1O)=C\c1ccccc1. The second-order valence-corrected chi connectivity index (χ2v) is 5.02. The summed E-state index contributed by atoms with van der Waals surface area (Å²) >= 11 is 0. The molecule has 2 rings (SSSR count). The molecule has 0 radical (unpaired) electrons. The number of rotatable bonds is 4. The van der Waals surface area contributed by atoms with Crippen molar-refractivity contribution < 1.29 is 9.90 Å². The van der Waals surface area contributed by atoms with E-state index in [4.69, 9.17) is 0 Å². The van der Waals surface area contributed by atoms with Gasteiger partial charge in [0.15, 0.2) is 5.78 Å². The molecule has 21 heavy (non-hydrogen) atoms. The quantitative estimate of drug-likeness (QED) is 0.506. The smallest absolute Gasteiger partial charge is 0.189 e. The van der Waals surface area contributed by atoms with E-state index in [2.05, 4.69) is 0 Å². The maximum Gasteiger partial charge on any atom is 0.189 e. The van der Waals surface area contributed by atoms with Gasteiger partial charge < -0.3 is 5.11 Å². The maximum absolute atomic E-state index is 12.1. The number of carbonyl (C=O) groups excluding carboxylic acids is 1. The highest BCUT2D eigenvalue weighted by Crippen LogP contribution is 2.19. The van der Waals surface area contributed by atoms with Crippen molar-refractivity contribution in [3.05, 3.63) is 82.9 Å². The van der Waals surface area contributed by atoms with Crippen LogP contribution in [0.2, 0.25) is 0 Å². The van der Waals surface area contributed by atoms with Crippen LogP contribution >= 0.6 is 0 Å². The van der Waals surface area contributed by atoms with Gasteiger partial charge in [-0.3, -0.25) is 4.79 Å². The van der Waals surface area contributed by atoms with Crippen molar-refractivity contribution in [2.75, 3.05) is 0 Å². The molecule has 0 aliphatic rings. The number of allylic oxidation sites excluding steroid dienone is 3. The van der Waals surface area contributed by atoms with Crippen molar-refractivity contribution in [2.45, 2.75) is 13.8 Å². The molecule has 0 fully saturated rings. The van der Waals surface area contributed by atoms with Gasteiger partial charge in [0.05, 0.1) is 5.56 Å². The molecule has 0 aliphatic heterocycles. The number of phenols is 1. The van der Waals surface area contributed by atoms with E-state index in [1.807, 2.05) is 50.3 Å². The minimum absolute atomic E-state index is 0.0138. The molecular weight excluding hydrogens is 260 g/mol. The van der Waals surface area contributed by atoms with Gasteiger partial charge in [0.1, 0.15) is 5.75 Å². The van der Waals surface area contributed by atoms with Gasteiger partial charge >= 0.3 is 0 Å². The van der Waals surface area contributed by atoms with Crippen LogP contribution in [0.15, 0.2) is 66.3 Å². The first-order valence-electron chi connectivity index (χ1n) is 6.81. The third-order valence-electron chi connectivity index (χ3n) is 3.11. The van der Waals surface area contributed by atoms with Gasteiger partial charge in [-0.05, 0) is 37.6 Å². The summed E-state index contributed by atoms with van der Waals surface area (Å²) in [5.41, 5.74) is 3.34. The number of aromatic hydroxyl groups is 1. The normalized spacial score (nSPS) is 11.8. The van der Waals surface area contributed by atoms with Gasteiger partial charge in [-0.2, -0.15) is 0 Å². The summed E-state index contributed by atoms with van der Waals surface area (Å²) in [5.74, 6) is -0.183. The highest BCUT2D eigenvalue weighted by atomic mass is 16.3. The third kappa shape index (κ3) is 4.18. The van der Waals surface area contributed by atoms with E-state index in [0.29, 0.717) is 5.56 Å². The standard InChI is InChI=1S/C19H18O2/c1-14(12-16-6-4-3-5-7-16)8-10-18(20)17-13-15(2)9-11-19(17)21/h3-13,21H,1-2H3/b10-8+,14-12+. The molecular formula is C19H18O2. The van der Waals surface area contributed by atoms with E-state index in [0.717, 1.165) is 16.7 Å². The van der Waals surface area contributed by atoms with E-state index in [1.165, 1.54) is 6.08 Å². The van der Waals surface area contributed by atoms with Crippen LogP contribution in [0.4, 0.5) is 0 Å². The Morgan fingerprint density at radius 1 is 1.05 bits per heavy atom. The molecule has 0 unspecified atom stereocenters. The zero-order valence-electron chi connectivity index (χ0n) is 12.2. The van der Waals surface area contributed by atoms with Crippen LogP contribution in [0.25, 0.3) is 6.08 Å². The molecule has 0 atom stereocenters. The predicted molar refractivity (Wildman–Crippen MR) is 86.4 cm³/mol. The molecule has 2 heteroatoms. The number of benzene rings is 2. The molecule has 0 amide bonds. The number of carbonyl (C=O) groups is 1. The van der Waals surface area contributed by atoms with Crippen LogP contribution in [0.5, 0.6) is 5.75 Å². The topological polar surface area (TPSA) is 37.3 Å². The molecule has 0 saturated heterocycles. The highest BCUT2D eigenvalue weighted by Gasteiger charge is 2.07. The van der Waals surface area contributed by atoms with Crippen LogP contribution < -0.4 is 0 Å². The van der Waals surface area contributed by atoms with Crippen molar-refractivity contribution in [1.82, 2.24) is 0 Å². The molecule has 2 aromatic rings. The number of phenolic OH excluding ortho intramolecular Hbond substituents is 1. The molecule has 0 saturated carbocycles. The average molecular weight is 278 g/mol. The predicted octanol–water partition coefficient (Wildman–Crippen LogP) is 4.54. The fourth-order valence-electron chi connectivity index (χ4n) is 2.00. The molecule has 0 heterocycles. The van der Waals surface area contributed by atoms with Crippen LogP contribution in [0, 0.1) is 6.92 Å². The summed E-state index contributed by atoms with van der Waals surface area (Å²) in [6.07, 6.45) is 5.25. The van der Waals surface area contributed by atoms with E-state index < -0.39 is 0 Å². The molecule has 2 nitrogen and oxygen atoms in total. The largest absolute Gasteiger partial charge is 0.507 e. The molecule has 0 aromatic heterocycles. The van der Waals surface area contributed by atoms with Crippen LogP contribution in [0.1, 0.15) is 28.4 Å². The van der Waals surface area contributed by atoms with Crippen molar-refractivity contribution in [3.8, 4) is 5.75 Å². The average Bonchev–Trinajstić information content (AvgIpc) is 2.48. The molecule has 0 aliphatic carbocycles. The monoisotopic (exact) mass is 278 g/mol. The zero-order chi connectivity index (χ0) is 15.2. The summed E-state index contributed by atoms with van der Waals surface area (Å²) in [6.45, 7) is 3.83. The second kappa shape index (κ2) is 6.71. The Morgan fingerprint density at radius 2 is 1.76 bits per heavy atom. The van der Waals surface area contributed by atoms with Gasteiger partial charge in [-0.25, -0.2) is 0 Å². The minimum atomic E-state index is -0.197. The van der Waals surface area contributed by atoms with Crippen molar-refractivity contribution >= 4 is 11.9 Å². The van der Waals surface area contributed by atoms with E-state index >= 15 is 0 Å². The Kier molecular flexibility index (Phi) is 4.72. The summed E-state index contributed by atoms with van der Waals surface area (Å²) in [6, 6.07) is 14.9. The van der Waals surface area contributed by atoms with Gasteiger partial charge in [0, 0.05) is 0 Å². The van der Waals surface area contributed by atoms with E-state index in [-0.39, 0.29) is 11.5 Å². The van der Waals surface area contributed by atoms with Crippen molar-refractivity contribution in [1.29, 1.82) is 0 Å². The Hall–Kier alpha value is -2.61. The van der Waals surface area contributed by atoms with E-state index in [1.54, 1.807) is 24.3 Å². The molecule has 0 bridgehead atoms. The third-order valence-corrected chi connectivity index (χ3v) is 3.11. The Bertz CT molecular complexity index is 695. The number of hydrogen-bond donors (Lipinski definition) is 1. The first-order valence-corrected chi connectivity index (χ1v) is 6.81. The lowest BCUT2D eigenvalue weighted by Gasteiger charge is -2.02. The lowest BCUT2D eigenvalue weighted by molar-refractivity contribution is 0.104. The first kappa shape index (κ1) is 14.8. The lowest BCUT2D eigenvalue weighted by atomic mass is 10.1. The first-order chi connectivity index (χ1) is 10.1.